The van der Waals surface area contributed by atoms with Crippen LogP contribution in [0.4, 0.5) is 0 Å². The average Bonchev–Trinajstić information content (AvgIpc) is 2.91. The number of halogens is 2. The Labute approximate surface area is 120 Å². The maximum absolute atomic E-state index is 6.25. The van der Waals surface area contributed by atoms with Crippen molar-refractivity contribution in [3.8, 4) is 0 Å². The molecule has 0 radical (unpaired) electrons. The standard InChI is InChI=1S/C13H15BrClN3/c1-8(15)11-17-10-5-9(14)6-16-12(10)18(11)7-13(2)3-4-13/h5-6,8H,3-4,7H2,1-2H3. The molecule has 0 saturated heterocycles. The van der Waals surface area contributed by atoms with E-state index in [2.05, 4.69) is 37.4 Å². The van der Waals surface area contributed by atoms with Gasteiger partial charge < -0.3 is 4.57 Å². The van der Waals surface area contributed by atoms with Crippen molar-refractivity contribution in [1.82, 2.24) is 14.5 Å². The van der Waals surface area contributed by atoms with Crippen molar-refractivity contribution in [3.63, 3.8) is 0 Å². The van der Waals surface area contributed by atoms with Crippen LogP contribution in [-0.2, 0) is 6.54 Å². The monoisotopic (exact) mass is 327 g/mol. The molecule has 1 aliphatic rings. The number of imidazole rings is 1. The molecule has 0 aliphatic heterocycles. The predicted molar refractivity (Wildman–Crippen MR) is 76.8 cm³/mol. The lowest BCUT2D eigenvalue weighted by Crippen LogP contribution is -2.12. The smallest absolute Gasteiger partial charge is 0.160 e. The minimum atomic E-state index is -0.0969. The molecule has 0 N–H and O–H groups in total. The predicted octanol–water partition coefficient (Wildman–Crippen LogP) is 4.29. The van der Waals surface area contributed by atoms with Crippen LogP contribution in [0.2, 0.25) is 0 Å². The van der Waals surface area contributed by atoms with Gasteiger partial charge >= 0.3 is 0 Å². The fourth-order valence-corrected chi connectivity index (χ4v) is 2.70. The SMILES string of the molecule is CC(Cl)c1nc2cc(Br)cnc2n1CC1(C)CC1. The van der Waals surface area contributed by atoms with Crippen LogP contribution in [0.1, 0.15) is 37.9 Å². The Balaban J connectivity index is 2.15. The Morgan fingerprint density at radius 2 is 2.28 bits per heavy atom. The number of aromatic nitrogens is 3. The molecule has 1 atom stereocenters. The molecule has 2 aromatic heterocycles. The summed E-state index contributed by atoms with van der Waals surface area (Å²) in [7, 11) is 0. The molecular weight excluding hydrogens is 314 g/mol. The highest BCUT2D eigenvalue weighted by Crippen LogP contribution is 2.47. The van der Waals surface area contributed by atoms with Crippen LogP contribution >= 0.6 is 27.5 Å². The van der Waals surface area contributed by atoms with Gasteiger partial charge in [-0.15, -0.1) is 11.6 Å². The van der Waals surface area contributed by atoms with Gasteiger partial charge in [-0.05, 0) is 47.2 Å². The topological polar surface area (TPSA) is 30.7 Å². The van der Waals surface area contributed by atoms with Crippen molar-refractivity contribution in [1.29, 1.82) is 0 Å². The van der Waals surface area contributed by atoms with Gasteiger partial charge in [-0.2, -0.15) is 0 Å². The quantitative estimate of drug-likeness (QED) is 0.787. The number of hydrogen-bond donors (Lipinski definition) is 0. The first-order valence-corrected chi connectivity index (χ1v) is 7.37. The zero-order valence-electron chi connectivity index (χ0n) is 10.5. The Bertz CT molecular complexity index is 602. The number of alkyl halides is 1. The van der Waals surface area contributed by atoms with Crippen molar-refractivity contribution in [2.45, 2.75) is 38.6 Å². The van der Waals surface area contributed by atoms with Crippen LogP contribution in [0.5, 0.6) is 0 Å². The third-order valence-corrected chi connectivity index (χ3v) is 4.21. The normalized spacial score (nSPS) is 19.1. The summed E-state index contributed by atoms with van der Waals surface area (Å²) >= 11 is 9.68. The Hall–Kier alpha value is -0.610. The second kappa shape index (κ2) is 4.20. The molecule has 0 aromatic carbocycles. The maximum Gasteiger partial charge on any atom is 0.160 e. The van der Waals surface area contributed by atoms with E-state index in [-0.39, 0.29) is 5.38 Å². The van der Waals surface area contributed by atoms with Gasteiger partial charge in [0, 0.05) is 17.2 Å². The van der Waals surface area contributed by atoms with E-state index >= 15 is 0 Å². The van der Waals surface area contributed by atoms with Gasteiger partial charge in [-0.1, -0.05) is 6.92 Å². The molecule has 96 valence electrons. The van der Waals surface area contributed by atoms with Crippen molar-refractivity contribution in [2.75, 3.05) is 0 Å². The highest BCUT2D eigenvalue weighted by molar-refractivity contribution is 9.10. The molecule has 0 bridgehead atoms. The molecule has 2 aromatic rings. The number of nitrogens with zero attached hydrogens (tertiary/aromatic N) is 3. The van der Waals surface area contributed by atoms with E-state index in [0.717, 1.165) is 28.0 Å². The highest BCUT2D eigenvalue weighted by atomic mass is 79.9. The molecule has 5 heteroatoms. The molecule has 1 saturated carbocycles. The summed E-state index contributed by atoms with van der Waals surface area (Å²) in [6, 6.07) is 2.00. The Morgan fingerprint density at radius 1 is 1.56 bits per heavy atom. The number of fused-ring (bicyclic) bond motifs is 1. The van der Waals surface area contributed by atoms with Gasteiger partial charge in [-0.25, -0.2) is 9.97 Å². The van der Waals surface area contributed by atoms with Crippen LogP contribution in [-0.4, -0.2) is 14.5 Å². The van der Waals surface area contributed by atoms with Crippen LogP contribution in [0, 0.1) is 5.41 Å². The van der Waals surface area contributed by atoms with Gasteiger partial charge in [0.2, 0.25) is 0 Å². The third kappa shape index (κ3) is 2.16. The molecule has 1 unspecified atom stereocenters. The zero-order chi connectivity index (χ0) is 12.9. The molecule has 0 amide bonds. The zero-order valence-corrected chi connectivity index (χ0v) is 12.8. The van der Waals surface area contributed by atoms with Crippen molar-refractivity contribution in [3.05, 3.63) is 22.6 Å². The molecule has 0 spiro atoms. The average molecular weight is 329 g/mol. The van der Waals surface area contributed by atoms with Crippen LogP contribution in [0.3, 0.4) is 0 Å². The first kappa shape index (κ1) is 12.4. The summed E-state index contributed by atoms with van der Waals surface area (Å²) in [5, 5.41) is -0.0969. The molecular formula is C13H15BrClN3. The van der Waals surface area contributed by atoms with E-state index in [4.69, 9.17) is 11.6 Å². The number of rotatable bonds is 3. The van der Waals surface area contributed by atoms with E-state index in [1.807, 2.05) is 19.2 Å². The highest BCUT2D eigenvalue weighted by Gasteiger charge is 2.38. The van der Waals surface area contributed by atoms with E-state index in [9.17, 15) is 0 Å². The lowest BCUT2D eigenvalue weighted by atomic mass is 10.1. The van der Waals surface area contributed by atoms with E-state index < -0.39 is 0 Å². The first-order valence-electron chi connectivity index (χ1n) is 6.14. The van der Waals surface area contributed by atoms with Crippen molar-refractivity contribution in [2.24, 2.45) is 5.41 Å². The summed E-state index contributed by atoms with van der Waals surface area (Å²) in [6.45, 7) is 5.23. The first-order chi connectivity index (χ1) is 8.48. The van der Waals surface area contributed by atoms with Crippen LogP contribution in [0.25, 0.3) is 11.2 Å². The Kier molecular flexibility index (Phi) is 2.90. The summed E-state index contributed by atoms with van der Waals surface area (Å²) in [5.41, 5.74) is 2.26. The lowest BCUT2D eigenvalue weighted by molar-refractivity contribution is 0.459. The maximum atomic E-state index is 6.25. The van der Waals surface area contributed by atoms with E-state index in [0.29, 0.717) is 5.41 Å². The summed E-state index contributed by atoms with van der Waals surface area (Å²) < 4.78 is 3.14. The van der Waals surface area contributed by atoms with Crippen molar-refractivity contribution >= 4 is 38.7 Å². The fourth-order valence-electron chi connectivity index (χ4n) is 2.22. The second-order valence-electron chi connectivity index (χ2n) is 5.48. The second-order valence-corrected chi connectivity index (χ2v) is 7.05. The van der Waals surface area contributed by atoms with Gasteiger partial charge in [-0.3, -0.25) is 0 Å². The van der Waals surface area contributed by atoms with Gasteiger partial charge in [0.05, 0.1) is 5.38 Å². The van der Waals surface area contributed by atoms with E-state index in [1.165, 1.54) is 12.8 Å². The molecule has 1 aliphatic carbocycles. The summed E-state index contributed by atoms with van der Waals surface area (Å²) in [6.07, 6.45) is 4.37. The van der Waals surface area contributed by atoms with Gasteiger partial charge in [0.1, 0.15) is 11.3 Å². The minimum Gasteiger partial charge on any atom is -0.311 e. The largest absolute Gasteiger partial charge is 0.311 e. The molecule has 3 rings (SSSR count). The van der Waals surface area contributed by atoms with Gasteiger partial charge in [0.15, 0.2) is 5.65 Å². The summed E-state index contributed by atoms with van der Waals surface area (Å²) in [4.78, 5) is 9.11. The van der Waals surface area contributed by atoms with Crippen molar-refractivity contribution < 1.29 is 0 Å². The fraction of sp³-hybridized carbons (Fsp3) is 0.538. The molecule has 18 heavy (non-hydrogen) atoms. The number of hydrogen-bond acceptors (Lipinski definition) is 2. The molecule has 3 nitrogen and oxygen atoms in total. The van der Waals surface area contributed by atoms with Crippen LogP contribution < -0.4 is 0 Å². The van der Waals surface area contributed by atoms with E-state index in [1.54, 1.807) is 0 Å². The molecule has 1 fully saturated rings. The summed E-state index contributed by atoms with van der Waals surface area (Å²) in [5.74, 6) is 0.922. The van der Waals surface area contributed by atoms with Gasteiger partial charge in [0.25, 0.3) is 0 Å². The third-order valence-electron chi connectivity index (χ3n) is 3.58. The molecule has 2 heterocycles. The Morgan fingerprint density at radius 3 is 2.89 bits per heavy atom. The number of pyridine rings is 1. The minimum absolute atomic E-state index is 0.0969. The van der Waals surface area contributed by atoms with Crippen LogP contribution in [0.15, 0.2) is 16.7 Å². The lowest BCUT2D eigenvalue weighted by Gasteiger charge is -2.14.